The van der Waals surface area contributed by atoms with E-state index in [0.29, 0.717) is 25.0 Å². The first-order valence-corrected chi connectivity index (χ1v) is 10.9. The molecule has 0 aliphatic heterocycles. The number of hydrogen-bond donors (Lipinski definition) is 0. The van der Waals surface area contributed by atoms with Gasteiger partial charge in [-0.05, 0) is 37.8 Å². The summed E-state index contributed by atoms with van der Waals surface area (Å²) in [5.41, 5.74) is 0.913. The molecule has 1 aromatic carbocycles. The lowest BCUT2D eigenvalue weighted by atomic mass is 10.0. The molecular formula is C24H38N2O3. The highest BCUT2D eigenvalue weighted by Gasteiger charge is 2.11. The summed E-state index contributed by atoms with van der Waals surface area (Å²) in [4.78, 5) is 39.5. The number of anilines is 1. The van der Waals surface area contributed by atoms with Gasteiger partial charge in [0.05, 0.1) is 0 Å². The van der Waals surface area contributed by atoms with E-state index in [2.05, 4.69) is 0 Å². The summed E-state index contributed by atoms with van der Waals surface area (Å²) in [6.07, 6.45) is 7.02. The van der Waals surface area contributed by atoms with E-state index >= 15 is 0 Å². The summed E-state index contributed by atoms with van der Waals surface area (Å²) in [6, 6.07) is 9.66. The van der Waals surface area contributed by atoms with Gasteiger partial charge in [0, 0.05) is 51.5 Å². The van der Waals surface area contributed by atoms with Crippen molar-refractivity contribution >= 4 is 23.3 Å². The molecule has 1 aromatic rings. The zero-order valence-corrected chi connectivity index (χ0v) is 18.7. The predicted octanol–water partition coefficient (Wildman–Crippen LogP) is 4.84. The Labute approximate surface area is 176 Å². The van der Waals surface area contributed by atoms with Gasteiger partial charge in [0.1, 0.15) is 5.78 Å². The van der Waals surface area contributed by atoms with Crippen molar-refractivity contribution in [3.05, 3.63) is 30.3 Å². The number of hydrogen-bond acceptors (Lipinski definition) is 3. The molecule has 0 atom stereocenters. The number of amides is 2. The van der Waals surface area contributed by atoms with Crippen LogP contribution >= 0.6 is 0 Å². The van der Waals surface area contributed by atoms with Crippen LogP contribution in [0.4, 0.5) is 5.69 Å². The van der Waals surface area contributed by atoms with Gasteiger partial charge >= 0.3 is 0 Å². The van der Waals surface area contributed by atoms with Crippen molar-refractivity contribution in [3.8, 4) is 0 Å². The molecule has 5 nitrogen and oxygen atoms in total. The Morgan fingerprint density at radius 2 is 1.31 bits per heavy atom. The summed E-state index contributed by atoms with van der Waals surface area (Å²) in [7, 11) is 3.65. The summed E-state index contributed by atoms with van der Waals surface area (Å²) in [5, 5.41) is 0. The number of unbranched alkanes of at least 4 members (excludes halogenated alkanes) is 4. The van der Waals surface area contributed by atoms with E-state index in [4.69, 9.17) is 0 Å². The molecule has 0 saturated heterocycles. The molecule has 0 heterocycles. The molecular weight excluding hydrogens is 364 g/mol. The van der Waals surface area contributed by atoms with Crippen molar-refractivity contribution in [3.63, 3.8) is 0 Å². The molecule has 29 heavy (non-hydrogen) atoms. The van der Waals surface area contributed by atoms with E-state index in [0.717, 1.165) is 50.8 Å². The fourth-order valence-electron chi connectivity index (χ4n) is 3.12. The van der Waals surface area contributed by atoms with Crippen LogP contribution < -0.4 is 4.90 Å². The molecule has 0 bridgehead atoms. The number of para-hydroxylation sites is 1. The number of carbonyl (C=O) groups is 3. The van der Waals surface area contributed by atoms with Gasteiger partial charge in [-0.15, -0.1) is 0 Å². The molecule has 0 unspecified atom stereocenters. The first-order valence-electron chi connectivity index (χ1n) is 10.9. The van der Waals surface area contributed by atoms with Crippen molar-refractivity contribution < 1.29 is 14.4 Å². The van der Waals surface area contributed by atoms with Crippen molar-refractivity contribution in [1.29, 1.82) is 0 Å². The van der Waals surface area contributed by atoms with Crippen LogP contribution in [0.1, 0.15) is 71.6 Å². The molecule has 0 saturated carbocycles. The third-order valence-corrected chi connectivity index (χ3v) is 5.29. The SMILES string of the molecule is CC(C)C(=O)CCCCCC(=O)N(C)CCCCCC(=O)N(C)c1ccccc1. The Bertz CT molecular complexity index is 628. The van der Waals surface area contributed by atoms with Crippen LogP contribution in [-0.2, 0) is 14.4 Å². The molecule has 0 spiro atoms. The van der Waals surface area contributed by atoms with Gasteiger partial charge < -0.3 is 9.80 Å². The second-order valence-electron chi connectivity index (χ2n) is 8.10. The van der Waals surface area contributed by atoms with Gasteiger partial charge in [-0.3, -0.25) is 14.4 Å². The highest BCUT2D eigenvalue weighted by molar-refractivity contribution is 5.92. The summed E-state index contributed by atoms with van der Waals surface area (Å²) >= 11 is 0. The Morgan fingerprint density at radius 1 is 0.759 bits per heavy atom. The summed E-state index contributed by atoms with van der Waals surface area (Å²) in [5.74, 6) is 0.704. The molecule has 0 aliphatic rings. The normalized spacial score (nSPS) is 10.8. The first kappa shape index (κ1) is 24.9. The molecule has 162 valence electrons. The monoisotopic (exact) mass is 402 g/mol. The fourth-order valence-corrected chi connectivity index (χ4v) is 3.12. The molecule has 0 N–H and O–H groups in total. The minimum atomic E-state index is 0.108. The second kappa shape index (κ2) is 13.9. The number of ketones is 1. The van der Waals surface area contributed by atoms with Gasteiger partial charge in [0.25, 0.3) is 0 Å². The molecule has 5 heteroatoms. The zero-order chi connectivity index (χ0) is 21.6. The molecule has 0 fully saturated rings. The van der Waals surface area contributed by atoms with Crippen LogP contribution in [0.5, 0.6) is 0 Å². The number of carbonyl (C=O) groups excluding carboxylic acids is 3. The minimum Gasteiger partial charge on any atom is -0.346 e. The highest BCUT2D eigenvalue weighted by Crippen LogP contribution is 2.14. The highest BCUT2D eigenvalue weighted by atomic mass is 16.2. The van der Waals surface area contributed by atoms with Crippen LogP contribution in [0, 0.1) is 5.92 Å². The molecule has 0 aliphatic carbocycles. The molecule has 1 rings (SSSR count). The smallest absolute Gasteiger partial charge is 0.226 e. The Balaban J connectivity index is 2.09. The minimum absolute atomic E-state index is 0.108. The van der Waals surface area contributed by atoms with Gasteiger partial charge in [-0.2, -0.15) is 0 Å². The van der Waals surface area contributed by atoms with E-state index in [1.807, 2.05) is 58.3 Å². The number of Topliss-reactive ketones (excluding diaryl/α,β-unsaturated/α-hetero) is 1. The van der Waals surface area contributed by atoms with E-state index < -0.39 is 0 Å². The molecule has 0 radical (unpaired) electrons. The van der Waals surface area contributed by atoms with E-state index in [-0.39, 0.29) is 17.7 Å². The quantitative estimate of drug-likeness (QED) is 0.418. The predicted molar refractivity (Wildman–Crippen MR) is 119 cm³/mol. The van der Waals surface area contributed by atoms with Crippen molar-refractivity contribution in [2.24, 2.45) is 5.92 Å². The topological polar surface area (TPSA) is 57.7 Å². The van der Waals surface area contributed by atoms with Crippen LogP contribution in [0.2, 0.25) is 0 Å². The van der Waals surface area contributed by atoms with Crippen molar-refractivity contribution in [2.45, 2.75) is 71.6 Å². The zero-order valence-electron chi connectivity index (χ0n) is 18.7. The van der Waals surface area contributed by atoms with Gasteiger partial charge in [-0.25, -0.2) is 0 Å². The lowest BCUT2D eigenvalue weighted by molar-refractivity contribution is -0.130. The summed E-state index contributed by atoms with van der Waals surface area (Å²) < 4.78 is 0. The maximum atomic E-state index is 12.2. The Morgan fingerprint density at radius 3 is 1.93 bits per heavy atom. The van der Waals surface area contributed by atoms with E-state index in [1.165, 1.54) is 0 Å². The number of rotatable bonds is 14. The third kappa shape index (κ3) is 10.2. The average molecular weight is 403 g/mol. The van der Waals surface area contributed by atoms with E-state index in [9.17, 15) is 14.4 Å². The maximum absolute atomic E-state index is 12.2. The Hall–Kier alpha value is -2.17. The van der Waals surface area contributed by atoms with Gasteiger partial charge in [0.15, 0.2) is 0 Å². The largest absolute Gasteiger partial charge is 0.346 e. The van der Waals surface area contributed by atoms with Gasteiger partial charge in [0.2, 0.25) is 11.8 Å². The number of nitrogens with zero attached hydrogens (tertiary/aromatic N) is 2. The summed E-state index contributed by atoms with van der Waals surface area (Å²) in [6.45, 7) is 4.59. The third-order valence-electron chi connectivity index (χ3n) is 5.29. The van der Waals surface area contributed by atoms with E-state index in [1.54, 1.807) is 9.80 Å². The average Bonchev–Trinajstić information content (AvgIpc) is 2.72. The van der Waals surface area contributed by atoms with Crippen LogP contribution in [-0.4, -0.2) is 43.1 Å². The maximum Gasteiger partial charge on any atom is 0.226 e. The number of benzene rings is 1. The van der Waals surface area contributed by atoms with Crippen molar-refractivity contribution in [2.75, 3.05) is 25.5 Å². The second-order valence-corrected chi connectivity index (χ2v) is 8.10. The first-order chi connectivity index (χ1) is 13.8. The fraction of sp³-hybridized carbons (Fsp3) is 0.625. The molecule has 2 amide bonds. The van der Waals surface area contributed by atoms with Gasteiger partial charge in [-0.1, -0.05) is 44.9 Å². The van der Waals surface area contributed by atoms with Crippen LogP contribution in [0.3, 0.4) is 0 Å². The lowest BCUT2D eigenvalue weighted by Crippen LogP contribution is -2.27. The standard InChI is InChI=1S/C24H38N2O3/c1-20(2)22(27)16-10-6-11-17-23(28)25(3)19-13-7-12-18-24(29)26(4)21-14-8-5-9-15-21/h5,8-9,14-15,20H,6-7,10-13,16-19H2,1-4H3. The Kier molecular flexibility index (Phi) is 11.9. The van der Waals surface area contributed by atoms with Crippen LogP contribution in [0.25, 0.3) is 0 Å². The van der Waals surface area contributed by atoms with Crippen molar-refractivity contribution in [1.82, 2.24) is 4.90 Å². The lowest BCUT2D eigenvalue weighted by Gasteiger charge is -2.18. The molecule has 0 aromatic heterocycles. The van der Waals surface area contributed by atoms with Crippen LogP contribution in [0.15, 0.2) is 30.3 Å².